The van der Waals surface area contributed by atoms with Gasteiger partial charge in [-0.2, -0.15) is 0 Å². The Bertz CT molecular complexity index is 1050. The summed E-state index contributed by atoms with van der Waals surface area (Å²) in [5.41, 5.74) is 1.01. The highest BCUT2D eigenvalue weighted by atomic mass is 28.4. The standard InChI is InChI=1S/C31H50O6Si2/c1-22-17-18-25(20-26(22)36-39(10,11)30(3,4)5)23(2)19-27(35-21-24-15-13-12-14-16-24)28(32)31(6,29(33)34)37-38(7,8)9/h12-17,25-27H,2,18-21H2,1,3-11H3,(H,33,34)/t25-,26-,27-,31?/m1/s1. The van der Waals surface area contributed by atoms with Crippen LogP contribution in [0.1, 0.15) is 59.4 Å². The molecule has 1 aliphatic carbocycles. The Balaban J connectivity index is 2.29. The van der Waals surface area contributed by atoms with E-state index >= 15 is 0 Å². The average molecular weight is 575 g/mol. The van der Waals surface area contributed by atoms with Gasteiger partial charge in [-0.25, -0.2) is 4.79 Å². The summed E-state index contributed by atoms with van der Waals surface area (Å²) in [7, 11) is -4.36. The molecule has 1 aromatic carbocycles. The van der Waals surface area contributed by atoms with Gasteiger partial charge < -0.3 is 18.7 Å². The summed E-state index contributed by atoms with van der Waals surface area (Å²) in [5.74, 6) is -1.77. The molecule has 0 saturated carbocycles. The van der Waals surface area contributed by atoms with Crippen molar-refractivity contribution in [2.45, 2.75) is 116 Å². The number of rotatable bonds is 13. The molecule has 218 valence electrons. The molecule has 1 unspecified atom stereocenters. The molecular formula is C31H50O6Si2. The normalized spacial score (nSPS) is 21.0. The summed E-state index contributed by atoms with van der Waals surface area (Å²) in [4.78, 5) is 26.2. The van der Waals surface area contributed by atoms with Crippen molar-refractivity contribution in [2.75, 3.05) is 0 Å². The van der Waals surface area contributed by atoms with Gasteiger partial charge in [-0.1, -0.05) is 69.3 Å². The van der Waals surface area contributed by atoms with Gasteiger partial charge in [-0.15, -0.1) is 0 Å². The van der Waals surface area contributed by atoms with Crippen molar-refractivity contribution in [1.29, 1.82) is 0 Å². The number of carboxylic acids is 1. The molecule has 39 heavy (non-hydrogen) atoms. The Kier molecular flexibility index (Phi) is 10.9. The van der Waals surface area contributed by atoms with Crippen LogP contribution in [0, 0.1) is 5.92 Å². The number of ether oxygens (including phenoxy) is 1. The van der Waals surface area contributed by atoms with Crippen molar-refractivity contribution < 1.29 is 28.3 Å². The number of benzene rings is 1. The van der Waals surface area contributed by atoms with E-state index in [4.69, 9.17) is 13.6 Å². The number of aliphatic carboxylic acids is 1. The van der Waals surface area contributed by atoms with Crippen LogP contribution in [0.5, 0.6) is 0 Å². The molecule has 0 aromatic heterocycles. The second-order valence-corrected chi connectivity index (χ2v) is 22.7. The molecule has 0 radical (unpaired) electrons. The first-order valence-electron chi connectivity index (χ1n) is 13.9. The molecule has 8 heteroatoms. The fourth-order valence-corrected chi connectivity index (χ4v) is 7.29. The fourth-order valence-electron chi connectivity index (χ4n) is 4.53. The number of carboxylic acid groups (broad SMARTS) is 1. The predicted molar refractivity (Wildman–Crippen MR) is 163 cm³/mol. The first-order chi connectivity index (χ1) is 17.8. The second kappa shape index (κ2) is 12.8. The zero-order chi connectivity index (χ0) is 29.8. The summed E-state index contributed by atoms with van der Waals surface area (Å²) >= 11 is 0. The van der Waals surface area contributed by atoms with Crippen LogP contribution in [-0.4, -0.2) is 51.3 Å². The minimum Gasteiger partial charge on any atom is -0.479 e. The molecule has 4 atom stereocenters. The molecule has 2 rings (SSSR count). The quantitative estimate of drug-likeness (QED) is 0.149. The van der Waals surface area contributed by atoms with Crippen LogP contribution in [0.2, 0.25) is 37.8 Å². The lowest BCUT2D eigenvalue weighted by molar-refractivity contribution is -0.166. The number of carbonyl (C=O) groups is 2. The Labute approximate surface area is 238 Å². The van der Waals surface area contributed by atoms with Crippen molar-refractivity contribution >= 4 is 28.4 Å². The maximum atomic E-state index is 13.9. The lowest BCUT2D eigenvalue weighted by Gasteiger charge is -2.42. The van der Waals surface area contributed by atoms with Crippen molar-refractivity contribution in [3.8, 4) is 0 Å². The third-order valence-electron chi connectivity index (χ3n) is 7.97. The number of ketones is 1. The number of carbonyl (C=O) groups excluding carboxylic acids is 1. The Hall–Kier alpha value is -1.85. The molecule has 0 aliphatic heterocycles. The van der Waals surface area contributed by atoms with E-state index in [2.05, 4.69) is 53.4 Å². The van der Waals surface area contributed by atoms with Crippen LogP contribution >= 0.6 is 0 Å². The van der Waals surface area contributed by atoms with Gasteiger partial charge >= 0.3 is 5.97 Å². The molecular weight excluding hydrogens is 525 g/mol. The minimum atomic E-state index is -2.38. The summed E-state index contributed by atoms with van der Waals surface area (Å²) in [6.45, 7) is 24.9. The highest BCUT2D eigenvalue weighted by Crippen LogP contribution is 2.41. The smallest absolute Gasteiger partial charge is 0.342 e. The van der Waals surface area contributed by atoms with Crippen LogP contribution in [0.15, 0.2) is 54.1 Å². The third-order valence-corrected chi connectivity index (χ3v) is 13.5. The molecule has 6 nitrogen and oxygen atoms in total. The van der Waals surface area contributed by atoms with Crippen LogP contribution < -0.4 is 0 Å². The minimum absolute atomic E-state index is 0.000268. The topological polar surface area (TPSA) is 82.1 Å². The molecule has 0 saturated heterocycles. The molecule has 1 aromatic rings. The summed E-state index contributed by atoms with van der Waals surface area (Å²) in [5, 5.41) is 10.2. The van der Waals surface area contributed by atoms with Gasteiger partial charge in [0.1, 0.15) is 6.10 Å². The van der Waals surface area contributed by atoms with E-state index in [1.54, 1.807) is 0 Å². The average Bonchev–Trinajstić information content (AvgIpc) is 2.81. The molecule has 0 amide bonds. The highest BCUT2D eigenvalue weighted by molar-refractivity contribution is 6.74. The van der Waals surface area contributed by atoms with Crippen LogP contribution in [0.25, 0.3) is 0 Å². The van der Waals surface area contributed by atoms with Crippen molar-refractivity contribution in [3.63, 3.8) is 0 Å². The van der Waals surface area contributed by atoms with Gasteiger partial charge in [-0.3, -0.25) is 4.79 Å². The lowest BCUT2D eigenvalue weighted by Crippen LogP contribution is -2.56. The molecule has 1 aliphatic rings. The largest absolute Gasteiger partial charge is 0.479 e. The summed E-state index contributed by atoms with van der Waals surface area (Å²) in [6.07, 6.45) is 3.04. The zero-order valence-electron chi connectivity index (χ0n) is 25.7. The molecule has 1 N–H and O–H groups in total. The fraction of sp³-hybridized carbons (Fsp3) is 0.613. The van der Waals surface area contributed by atoms with Gasteiger partial charge in [-0.05, 0) is 81.5 Å². The van der Waals surface area contributed by atoms with E-state index < -0.39 is 40.1 Å². The monoisotopic (exact) mass is 574 g/mol. The van der Waals surface area contributed by atoms with Gasteiger partial charge in [0.2, 0.25) is 11.4 Å². The maximum Gasteiger partial charge on any atom is 0.342 e. The van der Waals surface area contributed by atoms with Crippen molar-refractivity contribution in [3.05, 3.63) is 59.7 Å². The second-order valence-electron chi connectivity index (χ2n) is 13.5. The number of hydrogen-bond donors (Lipinski definition) is 1. The first-order valence-corrected chi connectivity index (χ1v) is 20.2. The zero-order valence-corrected chi connectivity index (χ0v) is 27.7. The molecule has 0 fully saturated rings. The van der Waals surface area contributed by atoms with E-state index in [1.807, 2.05) is 50.0 Å². The Morgan fingerprint density at radius 3 is 2.18 bits per heavy atom. The van der Waals surface area contributed by atoms with E-state index in [0.717, 1.165) is 24.0 Å². The maximum absolute atomic E-state index is 13.9. The molecule has 0 spiro atoms. The van der Waals surface area contributed by atoms with Crippen LogP contribution in [0.4, 0.5) is 0 Å². The molecule has 0 heterocycles. The number of Topliss-reactive ketones (excluding diaryl/α,β-unsaturated/α-hetero) is 1. The van der Waals surface area contributed by atoms with Crippen LogP contribution in [0.3, 0.4) is 0 Å². The van der Waals surface area contributed by atoms with Crippen molar-refractivity contribution in [1.82, 2.24) is 0 Å². The van der Waals surface area contributed by atoms with E-state index in [-0.39, 0.29) is 30.1 Å². The lowest BCUT2D eigenvalue weighted by atomic mass is 9.80. The van der Waals surface area contributed by atoms with Crippen LogP contribution in [-0.2, 0) is 29.8 Å². The van der Waals surface area contributed by atoms with E-state index in [1.165, 1.54) is 12.5 Å². The molecule has 0 bridgehead atoms. The van der Waals surface area contributed by atoms with Gasteiger partial charge in [0.25, 0.3) is 0 Å². The van der Waals surface area contributed by atoms with Gasteiger partial charge in [0, 0.05) is 6.42 Å². The Morgan fingerprint density at radius 2 is 1.67 bits per heavy atom. The highest BCUT2D eigenvalue weighted by Gasteiger charge is 2.49. The summed E-state index contributed by atoms with van der Waals surface area (Å²) < 4.78 is 18.9. The van der Waals surface area contributed by atoms with E-state index in [0.29, 0.717) is 0 Å². The SMILES string of the molecule is C=C(C[C@@H](OCc1ccccc1)C(=O)C(C)(O[Si](C)(C)C)C(=O)O)[C@@H]1CC=C(C)[C@H](O[Si](C)(C)C(C)(C)C)C1. The van der Waals surface area contributed by atoms with Gasteiger partial charge in [0.15, 0.2) is 16.6 Å². The summed E-state index contributed by atoms with van der Waals surface area (Å²) in [6, 6.07) is 9.57. The third kappa shape index (κ3) is 9.08. The van der Waals surface area contributed by atoms with Gasteiger partial charge in [0.05, 0.1) is 12.7 Å². The van der Waals surface area contributed by atoms with Crippen molar-refractivity contribution in [2.24, 2.45) is 5.92 Å². The number of allylic oxidation sites excluding steroid dienone is 1. The first kappa shape index (κ1) is 33.4. The predicted octanol–water partition coefficient (Wildman–Crippen LogP) is 7.53. The van der Waals surface area contributed by atoms with E-state index in [9.17, 15) is 14.7 Å². The number of hydrogen-bond acceptors (Lipinski definition) is 5. The Morgan fingerprint density at radius 1 is 1.08 bits per heavy atom.